The molecule has 0 spiro atoms. The Balaban J connectivity index is 1.71. The Labute approximate surface area is 138 Å². The third-order valence-corrected chi connectivity index (χ3v) is 3.55. The molecule has 23 heavy (non-hydrogen) atoms. The Hall–Kier alpha value is -2.79. The van der Waals surface area contributed by atoms with E-state index in [0.29, 0.717) is 22.1 Å². The maximum absolute atomic E-state index is 12.1. The Morgan fingerprint density at radius 3 is 2.65 bits per heavy atom. The summed E-state index contributed by atoms with van der Waals surface area (Å²) in [6.07, 6.45) is 1.61. The highest BCUT2D eigenvalue weighted by Gasteiger charge is 2.06. The number of rotatable bonds is 3. The van der Waals surface area contributed by atoms with E-state index >= 15 is 0 Å². The van der Waals surface area contributed by atoms with Crippen LogP contribution in [0.2, 0.25) is 5.02 Å². The summed E-state index contributed by atoms with van der Waals surface area (Å²) in [5.74, 6) is 0.552. The number of aromatic nitrogens is 1. The molecule has 0 atom stereocenters. The number of pyridine rings is 1. The van der Waals surface area contributed by atoms with Gasteiger partial charge in [0.15, 0.2) is 0 Å². The van der Waals surface area contributed by atoms with E-state index in [4.69, 9.17) is 16.3 Å². The van der Waals surface area contributed by atoms with Crippen molar-refractivity contribution in [1.82, 2.24) is 4.98 Å². The van der Waals surface area contributed by atoms with Crippen LogP contribution in [-0.4, -0.2) is 18.1 Å². The third kappa shape index (κ3) is 3.52. The lowest BCUT2D eigenvalue weighted by molar-refractivity contribution is 0.262. The monoisotopic (exact) mass is 327 g/mol. The van der Waals surface area contributed by atoms with Crippen LogP contribution in [0.5, 0.6) is 5.75 Å². The quantitative estimate of drug-likeness (QED) is 0.742. The zero-order chi connectivity index (χ0) is 16.2. The van der Waals surface area contributed by atoms with Crippen molar-refractivity contribution in [3.63, 3.8) is 0 Å². The predicted octanol–water partition coefficient (Wildman–Crippen LogP) is 4.54. The number of hydrogen-bond acceptors (Lipinski definition) is 3. The number of benzene rings is 2. The average Bonchev–Trinajstić information content (AvgIpc) is 2.55. The first kappa shape index (κ1) is 15.1. The number of carbonyl (C=O) groups excluding carboxylic acids is 1. The molecule has 1 aromatic heterocycles. The first-order valence-corrected chi connectivity index (χ1v) is 7.30. The summed E-state index contributed by atoms with van der Waals surface area (Å²) in [6.45, 7) is 0. The zero-order valence-corrected chi connectivity index (χ0v) is 13.1. The number of amides is 2. The SMILES string of the molecule is COc1ccc(NC(=O)Nc2cnc3ccccc3c2)cc1Cl. The van der Waals surface area contributed by atoms with Crippen molar-refractivity contribution in [2.45, 2.75) is 0 Å². The molecule has 2 aromatic carbocycles. The fourth-order valence-electron chi connectivity index (χ4n) is 2.18. The topological polar surface area (TPSA) is 63.2 Å². The normalized spacial score (nSPS) is 10.3. The maximum atomic E-state index is 12.1. The van der Waals surface area contributed by atoms with Crippen LogP contribution in [-0.2, 0) is 0 Å². The van der Waals surface area contributed by atoms with E-state index in [-0.39, 0.29) is 6.03 Å². The molecule has 6 heteroatoms. The van der Waals surface area contributed by atoms with Gasteiger partial charge in [0.2, 0.25) is 0 Å². The molecule has 5 nitrogen and oxygen atoms in total. The number of para-hydroxylation sites is 1. The van der Waals surface area contributed by atoms with Gasteiger partial charge in [0.1, 0.15) is 5.75 Å². The highest BCUT2D eigenvalue weighted by molar-refractivity contribution is 6.32. The van der Waals surface area contributed by atoms with Crippen molar-refractivity contribution in [2.24, 2.45) is 0 Å². The van der Waals surface area contributed by atoms with Gasteiger partial charge in [0.05, 0.1) is 29.5 Å². The Kier molecular flexibility index (Phi) is 4.30. The predicted molar refractivity (Wildman–Crippen MR) is 92.4 cm³/mol. The standard InChI is InChI=1S/C17H14ClN3O2/c1-23-16-7-6-12(9-14(16)18)20-17(22)21-13-8-11-4-2-3-5-15(11)19-10-13/h2-10H,1H3,(H2,20,21,22). The molecule has 0 fully saturated rings. The number of anilines is 2. The molecule has 0 bridgehead atoms. The van der Waals surface area contributed by atoms with Gasteiger partial charge >= 0.3 is 6.03 Å². The number of fused-ring (bicyclic) bond motifs is 1. The van der Waals surface area contributed by atoms with E-state index in [2.05, 4.69) is 15.6 Å². The number of nitrogens with zero attached hydrogens (tertiary/aromatic N) is 1. The molecular formula is C17H14ClN3O2. The summed E-state index contributed by atoms with van der Waals surface area (Å²) in [4.78, 5) is 16.4. The van der Waals surface area contributed by atoms with Crippen LogP contribution in [0.1, 0.15) is 0 Å². The van der Waals surface area contributed by atoms with Crippen molar-refractivity contribution in [1.29, 1.82) is 0 Å². The van der Waals surface area contributed by atoms with Gasteiger partial charge in [-0.1, -0.05) is 29.8 Å². The molecule has 0 radical (unpaired) electrons. The van der Waals surface area contributed by atoms with E-state index in [1.54, 1.807) is 24.4 Å². The second-order valence-electron chi connectivity index (χ2n) is 4.85. The molecule has 0 aliphatic rings. The second-order valence-corrected chi connectivity index (χ2v) is 5.25. The van der Waals surface area contributed by atoms with Gasteiger partial charge in [0.25, 0.3) is 0 Å². The van der Waals surface area contributed by atoms with Crippen LogP contribution < -0.4 is 15.4 Å². The lowest BCUT2D eigenvalue weighted by Gasteiger charge is -2.09. The molecule has 2 N–H and O–H groups in total. The lowest BCUT2D eigenvalue weighted by atomic mass is 10.2. The number of methoxy groups -OCH3 is 1. The molecule has 0 saturated carbocycles. The number of halogens is 1. The van der Waals surface area contributed by atoms with E-state index in [9.17, 15) is 4.79 Å². The molecule has 2 amide bonds. The highest BCUT2D eigenvalue weighted by Crippen LogP contribution is 2.27. The highest BCUT2D eigenvalue weighted by atomic mass is 35.5. The molecular weight excluding hydrogens is 314 g/mol. The molecule has 3 aromatic rings. The van der Waals surface area contributed by atoms with Crippen LogP contribution in [0.25, 0.3) is 10.9 Å². The van der Waals surface area contributed by atoms with Gasteiger partial charge < -0.3 is 15.4 Å². The number of urea groups is 1. The van der Waals surface area contributed by atoms with E-state index in [0.717, 1.165) is 10.9 Å². The van der Waals surface area contributed by atoms with Crippen LogP contribution in [0, 0.1) is 0 Å². The fourth-order valence-corrected chi connectivity index (χ4v) is 2.43. The molecule has 0 aliphatic carbocycles. The minimum atomic E-state index is -0.372. The summed E-state index contributed by atoms with van der Waals surface area (Å²) in [5.41, 5.74) is 2.06. The Bertz CT molecular complexity index is 867. The van der Waals surface area contributed by atoms with Gasteiger partial charge in [0, 0.05) is 11.1 Å². The van der Waals surface area contributed by atoms with Gasteiger partial charge in [-0.05, 0) is 30.3 Å². The molecule has 3 rings (SSSR count). The fraction of sp³-hybridized carbons (Fsp3) is 0.0588. The van der Waals surface area contributed by atoms with Crippen LogP contribution in [0.3, 0.4) is 0 Å². The van der Waals surface area contributed by atoms with E-state index < -0.39 is 0 Å². The van der Waals surface area contributed by atoms with Gasteiger partial charge in [-0.15, -0.1) is 0 Å². The number of ether oxygens (including phenoxy) is 1. The number of hydrogen-bond donors (Lipinski definition) is 2. The number of carbonyl (C=O) groups is 1. The zero-order valence-electron chi connectivity index (χ0n) is 12.3. The maximum Gasteiger partial charge on any atom is 0.323 e. The summed E-state index contributed by atoms with van der Waals surface area (Å²) in [7, 11) is 1.54. The van der Waals surface area contributed by atoms with Gasteiger partial charge in [-0.3, -0.25) is 4.98 Å². The summed E-state index contributed by atoms with van der Waals surface area (Å²) < 4.78 is 5.07. The van der Waals surface area contributed by atoms with Crippen molar-refractivity contribution in [2.75, 3.05) is 17.7 Å². The van der Waals surface area contributed by atoms with Gasteiger partial charge in [-0.2, -0.15) is 0 Å². The minimum Gasteiger partial charge on any atom is -0.495 e. The lowest BCUT2D eigenvalue weighted by Crippen LogP contribution is -2.19. The third-order valence-electron chi connectivity index (χ3n) is 3.26. The van der Waals surface area contributed by atoms with Crippen molar-refractivity contribution in [3.8, 4) is 5.75 Å². The Morgan fingerprint density at radius 1 is 1.09 bits per heavy atom. The van der Waals surface area contributed by atoms with Crippen molar-refractivity contribution < 1.29 is 9.53 Å². The van der Waals surface area contributed by atoms with Crippen molar-refractivity contribution in [3.05, 3.63) is 59.8 Å². The largest absolute Gasteiger partial charge is 0.495 e. The molecule has 0 saturated heterocycles. The Morgan fingerprint density at radius 2 is 1.87 bits per heavy atom. The average molecular weight is 328 g/mol. The van der Waals surface area contributed by atoms with Gasteiger partial charge in [-0.25, -0.2) is 4.79 Å². The summed E-state index contributed by atoms with van der Waals surface area (Å²) in [5, 5.41) is 6.84. The first-order chi connectivity index (χ1) is 11.2. The van der Waals surface area contributed by atoms with Crippen molar-refractivity contribution >= 4 is 39.9 Å². The van der Waals surface area contributed by atoms with Crippen LogP contribution >= 0.6 is 11.6 Å². The second kappa shape index (κ2) is 6.54. The molecule has 116 valence electrons. The van der Waals surface area contributed by atoms with Crippen LogP contribution in [0.15, 0.2) is 54.7 Å². The molecule has 0 unspecified atom stereocenters. The first-order valence-electron chi connectivity index (χ1n) is 6.92. The minimum absolute atomic E-state index is 0.372. The smallest absolute Gasteiger partial charge is 0.323 e. The molecule has 0 aliphatic heterocycles. The van der Waals surface area contributed by atoms with E-state index in [1.165, 1.54) is 7.11 Å². The number of nitrogens with one attached hydrogen (secondary N) is 2. The van der Waals surface area contributed by atoms with E-state index in [1.807, 2.05) is 30.3 Å². The summed E-state index contributed by atoms with van der Waals surface area (Å²) >= 11 is 6.03. The molecule has 1 heterocycles. The summed E-state index contributed by atoms with van der Waals surface area (Å²) in [6, 6.07) is 14.2. The van der Waals surface area contributed by atoms with Crippen LogP contribution in [0.4, 0.5) is 16.2 Å².